The lowest BCUT2D eigenvalue weighted by Gasteiger charge is -2.41. The first kappa shape index (κ1) is 8.22. The van der Waals surface area contributed by atoms with Gasteiger partial charge in [0.15, 0.2) is 0 Å². The lowest BCUT2D eigenvalue weighted by molar-refractivity contribution is -0.146. The Morgan fingerprint density at radius 1 is 1.54 bits per heavy atom. The van der Waals surface area contributed by atoms with Crippen LogP contribution in [0.4, 0.5) is 0 Å². The Balaban J connectivity index is 2.24. The fourth-order valence-electron chi connectivity index (χ4n) is 2.09. The molecular formula is C8H10N2O3. The van der Waals surface area contributed by atoms with Gasteiger partial charge in [0.2, 0.25) is 0 Å². The van der Waals surface area contributed by atoms with Crippen molar-refractivity contribution in [1.82, 2.24) is 5.01 Å². The van der Waals surface area contributed by atoms with E-state index in [1.165, 1.54) is 5.01 Å². The molecule has 2 heterocycles. The minimum absolute atomic E-state index is 0.170. The van der Waals surface area contributed by atoms with E-state index in [9.17, 15) is 9.70 Å². The van der Waals surface area contributed by atoms with E-state index >= 15 is 0 Å². The Hall–Kier alpha value is -1.39. The number of carboxylic acid groups (broad SMARTS) is 1. The average Bonchev–Trinajstić information content (AvgIpc) is 2.18. The van der Waals surface area contributed by atoms with Gasteiger partial charge >= 0.3 is 5.97 Å². The van der Waals surface area contributed by atoms with Gasteiger partial charge in [-0.3, -0.25) is 9.80 Å². The van der Waals surface area contributed by atoms with Gasteiger partial charge in [0.25, 0.3) is 0 Å². The second-order valence-electron chi connectivity index (χ2n) is 3.52. The number of nitroso groups, excluding NO2 is 1. The van der Waals surface area contributed by atoms with Gasteiger partial charge in [0.05, 0.1) is 17.2 Å². The Morgan fingerprint density at radius 3 is 2.85 bits per heavy atom. The molecule has 0 aromatic carbocycles. The van der Waals surface area contributed by atoms with Crippen LogP contribution in [0.25, 0.3) is 0 Å². The van der Waals surface area contributed by atoms with Gasteiger partial charge in [0.1, 0.15) is 0 Å². The van der Waals surface area contributed by atoms with Crippen molar-refractivity contribution in [3.05, 3.63) is 17.1 Å². The molecule has 2 aliphatic heterocycles. The summed E-state index contributed by atoms with van der Waals surface area (Å²) in [4.78, 5) is 21.2. The van der Waals surface area contributed by atoms with E-state index in [-0.39, 0.29) is 12.0 Å². The van der Waals surface area contributed by atoms with Crippen molar-refractivity contribution in [3.63, 3.8) is 0 Å². The van der Waals surface area contributed by atoms with Crippen LogP contribution in [-0.2, 0) is 4.79 Å². The van der Waals surface area contributed by atoms with Crippen LogP contribution in [0.5, 0.6) is 0 Å². The van der Waals surface area contributed by atoms with Gasteiger partial charge in [0, 0.05) is 6.54 Å². The highest BCUT2D eigenvalue weighted by Gasteiger charge is 2.41. The molecular weight excluding hydrogens is 172 g/mol. The molecule has 2 bridgehead atoms. The first-order valence-corrected chi connectivity index (χ1v) is 4.23. The summed E-state index contributed by atoms with van der Waals surface area (Å²) in [6.07, 6.45) is 4.38. The van der Waals surface area contributed by atoms with Crippen molar-refractivity contribution in [2.45, 2.75) is 12.5 Å². The van der Waals surface area contributed by atoms with Crippen LogP contribution in [0.2, 0.25) is 0 Å². The second kappa shape index (κ2) is 2.83. The molecule has 5 heteroatoms. The molecule has 1 fully saturated rings. The zero-order chi connectivity index (χ0) is 9.42. The molecule has 3 aliphatic rings. The third kappa shape index (κ3) is 1.20. The first-order chi connectivity index (χ1) is 6.22. The molecule has 1 aliphatic carbocycles. The number of carbonyl (C=O) groups is 1. The number of carboxylic acids is 1. The highest BCUT2D eigenvalue weighted by molar-refractivity contribution is 5.72. The van der Waals surface area contributed by atoms with Crippen molar-refractivity contribution >= 4 is 5.97 Å². The summed E-state index contributed by atoms with van der Waals surface area (Å²) in [5.41, 5.74) is 0. The van der Waals surface area contributed by atoms with Gasteiger partial charge < -0.3 is 5.11 Å². The lowest BCUT2D eigenvalue weighted by atomic mass is 9.78. The van der Waals surface area contributed by atoms with Gasteiger partial charge in [-0.1, -0.05) is 12.2 Å². The summed E-state index contributed by atoms with van der Waals surface area (Å²) in [5, 5.41) is 13.0. The zero-order valence-electron chi connectivity index (χ0n) is 6.96. The summed E-state index contributed by atoms with van der Waals surface area (Å²) in [7, 11) is 0. The maximum absolute atomic E-state index is 10.8. The summed E-state index contributed by atoms with van der Waals surface area (Å²) in [6.45, 7) is 0.564. The van der Waals surface area contributed by atoms with Crippen molar-refractivity contribution in [3.8, 4) is 0 Å². The molecule has 0 amide bonds. The fraction of sp³-hybridized carbons (Fsp3) is 0.625. The predicted octanol–water partition coefficient (Wildman–Crippen LogP) is 0.629. The van der Waals surface area contributed by atoms with Crippen LogP contribution >= 0.6 is 0 Å². The zero-order valence-corrected chi connectivity index (χ0v) is 6.96. The van der Waals surface area contributed by atoms with E-state index in [0.29, 0.717) is 13.0 Å². The van der Waals surface area contributed by atoms with Crippen LogP contribution in [0.15, 0.2) is 17.4 Å². The molecule has 5 nitrogen and oxygen atoms in total. The van der Waals surface area contributed by atoms with Crippen LogP contribution < -0.4 is 0 Å². The minimum atomic E-state index is -0.840. The number of nitrogens with zero attached hydrogens (tertiary/aromatic N) is 2. The standard InChI is InChI=1S/C8H10N2O3/c11-8(12)6-3-5-1-2-7(6)10(4-5)9-13/h1-2,5-7H,3-4H2,(H,11,12). The van der Waals surface area contributed by atoms with Crippen LogP contribution in [0.3, 0.4) is 0 Å². The average molecular weight is 182 g/mol. The maximum atomic E-state index is 10.8. The molecule has 0 spiro atoms. The minimum Gasteiger partial charge on any atom is -0.481 e. The molecule has 70 valence electrons. The molecule has 0 radical (unpaired) electrons. The van der Waals surface area contributed by atoms with Crippen molar-refractivity contribution in [2.24, 2.45) is 17.1 Å². The molecule has 1 saturated heterocycles. The lowest BCUT2D eigenvalue weighted by Crippen LogP contribution is -2.50. The first-order valence-electron chi connectivity index (χ1n) is 4.23. The normalized spacial score (nSPS) is 36.3. The van der Waals surface area contributed by atoms with E-state index in [2.05, 4.69) is 5.29 Å². The molecule has 3 atom stereocenters. The maximum Gasteiger partial charge on any atom is 0.309 e. The van der Waals surface area contributed by atoms with Gasteiger partial charge in [-0.15, -0.1) is 4.91 Å². The largest absolute Gasteiger partial charge is 0.481 e. The highest BCUT2D eigenvalue weighted by atomic mass is 16.4. The molecule has 3 unspecified atom stereocenters. The van der Waals surface area contributed by atoms with Gasteiger partial charge in [-0.05, 0) is 12.3 Å². The molecule has 13 heavy (non-hydrogen) atoms. The quantitative estimate of drug-likeness (QED) is 0.502. The Labute approximate surface area is 75.0 Å². The van der Waals surface area contributed by atoms with E-state index in [0.717, 1.165) is 0 Å². The number of hydrogen-bond acceptors (Lipinski definition) is 3. The Morgan fingerprint density at radius 2 is 2.31 bits per heavy atom. The predicted molar refractivity (Wildman–Crippen MR) is 44.7 cm³/mol. The van der Waals surface area contributed by atoms with Crippen LogP contribution in [0, 0.1) is 16.7 Å². The SMILES string of the molecule is O=NN1CC2C=CC1C(C(=O)O)C2. The second-order valence-corrected chi connectivity index (χ2v) is 3.52. The monoisotopic (exact) mass is 182 g/mol. The van der Waals surface area contributed by atoms with E-state index in [4.69, 9.17) is 5.11 Å². The smallest absolute Gasteiger partial charge is 0.309 e. The number of hydrogen-bond donors (Lipinski definition) is 1. The summed E-state index contributed by atoms with van der Waals surface area (Å²) >= 11 is 0. The van der Waals surface area contributed by atoms with Crippen molar-refractivity contribution < 1.29 is 9.90 Å². The third-order valence-electron chi connectivity index (χ3n) is 2.74. The summed E-state index contributed by atoms with van der Waals surface area (Å²) < 4.78 is 0. The number of aliphatic carboxylic acids is 1. The van der Waals surface area contributed by atoms with Crippen LogP contribution in [0.1, 0.15) is 6.42 Å². The van der Waals surface area contributed by atoms with E-state index < -0.39 is 11.9 Å². The van der Waals surface area contributed by atoms with Gasteiger partial charge in [-0.2, -0.15) is 0 Å². The van der Waals surface area contributed by atoms with Gasteiger partial charge in [-0.25, -0.2) is 0 Å². The van der Waals surface area contributed by atoms with Crippen LogP contribution in [-0.4, -0.2) is 28.7 Å². The summed E-state index contributed by atoms with van der Waals surface area (Å²) in [5.74, 6) is -1.14. The Bertz CT molecular complexity index is 277. The number of piperidine rings is 1. The molecule has 0 aromatic heterocycles. The molecule has 0 saturated carbocycles. The number of fused-ring (bicyclic) bond motifs is 2. The summed E-state index contributed by atoms with van der Waals surface area (Å²) in [6, 6.07) is -0.333. The Kier molecular flexibility index (Phi) is 1.79. The van der Waals surface area contributed by atoms with E-state index in [1.807, 2.05) is 6.08 Å². The van der Waals surface area contributed by atoms with Crippen molar-refractivity contribution in [2.75, 3.05) is 6.54 Å². The highest BCUT2D eigenvalue weighted by Crippen LogP contribution is 2.34. The third-order valence-corrected chi connectivity index (χ3v) is 2.74. The van der Waals surface area contributed by atoms with E-state index in [1.54, 1.807) is 6.08 Å². The van der Waals surface area contributed by atoms with Crippen molar-refractivity contribution in [1.29, 1.82) is 0 Å². The molecule has 1 N–H and O–H groups in total. The number of rotatable bonds is 2. The molecule has 3 rings (SSSR count). The topological polar surface area (TPSA) is 70.0 Å². The fourth-order valence-corrected chi connectivity index (χ4v) is 2.09. The molecule has 0 aromatic rings.